The van der Waals surface area contributed by atoms with E-state index in [9.17, 15) is 18.0 Å². The molecule has 0 radical (unpaired) electrons. The first kappa shape index (κ1) is 14.5. The maximum absolute atomic E-state index is 11.7. The molecule has 8 heteroatoms. The van der Waals surface area contributed by atoms with E-state index in [0.717, 1.165) is 11.8 Å². The van der Waals surface area contributed by atoms with Crippen LogP contribution in [0, 0.1) is 5.92 Å². The molecule has 2 rings (SSSR count). The fraction of sp³-hybridized carbons (Fsp3) is 0.333. The highest BCUT2D eigenvalue weighted by atomic mass is 32.2. The molecule has 0 spiro atoms. The van der Waals surface area contributed by atoms with Gasteiger partial charge in [-0.15, -0.1) is 0 Å². The van der Waals surface area contributed by atoms with Crippen LogP contribution in [0.4, 0.5) is 0 Å². The Hall–Kier alpha value is -1.93. The van der Waals surface area contributed by atoms with E-state index >= 15 is 0 Å². The van der Waals surface area contributed by atoms with Crippen molar-refractivity contribution in [1.82, 2.24) is 10.8 Å². The zero-order valence-electron chi connectivity index (χ0n) is 10.7. The monoisotopic (exact) mass is 298 g/mol. The average molecular weight is 298 g/mol. The van der Waals surface area contributed by atoms with Gasteiger partial charge in [-0.2, -0.15) is 0 Å². The number of hydrogen-bond donors (Lipinski definition) is 2. The standard InChI is InChI=1S/C12H14N2O5S/c1-20(17,18)12-9(10(15)13-12)11(16)14-19-7-8-5-3-2-4-6-8/h2-6,9,12H,7H2,1H3,(H,13,15)(H,14,16)/t9-,12-/m1/s1. The summed E-state index contributed by atoms with van der Waals surface area (Å²) >= 11 is 0. The molecule has 2 N–H and O–H groups in total. The maximum atomic E-state index is 11.7. The molecule has 1 aromatic rings. The second-order valence-electron chi connectivity index (χ2n) is 4.48. The predicted octanol–water partition coefficient (Wildman–Crippen LogP) is -0.649. The highest BCUT2D eigenvalue weighted by Gasteiger charge is 2.50. The van der Waals surface area contributed by atoms with Crippen LogP contribution in [0.3, 0.4) is 0 Å². The van der Waals surface area contributed by atoms with Crippen LogP contribution in [0.25, 0.3) is 0 Å². The summed E-state index contributed by atoms with van der Waals surface area (Å²) in [5, 5.41) is 0.994. The first-order chi connectivity index (χ1) is 9.39. The first-order valence-electron chi connectivity index (χ1n) is 5.84. The van der Waals surface area contributed by atoms with Crippen LogP contribution in [0.15, 0.2) is 30.3 Å². The lowest BCUT2D eigenvalue weighted by Crippen LogP contribution is -2.66. The molecule has 108 valence electrons. The third-order valence-electron chi connectivity index (χ3n) is 2.87. The van der Waals surface area contributed by atoms with Gasteiger partial charge in [-0.3, -0.25) is 14.4 Å². The average Bonchev–Trinajstić information content (AvgIpc) is 2.36. The van der Waals surface area contributed by atoms with E-state index in [-0.39, 0.29) is 6.61 Å². The molecule has 7 nitrogen and oxygen atoms in total. The number of sulfone groups is 1. The van der Waals surface area contributed by atoms with Gasteiger partial charge < -0.3 is 5.32 Å². The Morgan fingerprint density at radius 2 is 2.00 bits per heavy atom. The fourth-order valence-corrected chi connectivity index (χ4v) is 2.87. The van der Waals surface area contributed by atoms with Crippen LogP contribution >= 0.6 is 0 Å². The van der Waals surface area contributed by atoms with Crippen molar-refractivity contribution in [2.45, 2.75) is 12.0 Å². The molecule has 1 heterocycles. The number of carbonyl (C=O) groups excluding carboxylic acids is 2. The Labute approximate surface area is 116 Å². The minimum absolute atomic E-state index is 0.129. The number of hydroxylamine groups is 1. The Balaban J connectivity index is 1.87. The van der Waals surface area contributed by atoms with Gasteiger partial charge in [0.2, 0.25) is 5.91 Å². The van der Waals surface area contributed by atoms with Gasteiger partial charge in [-0.05, 0) is 5.56 Å². The van der Waals surface area contributed by atoms with Crippen molar-refractivity contribution in [3.05, 3.63) is 35.9 Å². The molecule has 2 atom stereocenters. The molecule has 0 bridgehead atoms. The molecule has 1 aliphatic heterocycles. The van der Waals surface area contributed by atoms with Gasteiger partial charge in [0.1, 0.15) is 0 Å². The molecule has 20 heavy (non-hydrogen) atoms. The normalized spacial score (nSPS) is 21.8. The summed E-state index contributed by atoms with van der Waals surface area (Å²) in [6.07, 6.45) is 0.961. The van der Waals surface area contributed by atoms with Crippen LogP contribution in [0.1, 0.15) is 5.56 Å². The molecule has 1 saturated heterocycles. The molecule has 0 unspecified atom stereocenters. The summed E-state index contributed by atoms with van der Waals surface area (Å²) in [7, 11) is -3.52. The lowest BCUT2D eigenvalue weighted by atomic mass is 10.0. The van der Waals surface area contributed by atoms with Crippen LogP contribution in [-0.2, 0) is 30.9 Å². The van der Waals surface area contributed by atoms with Crippen LogP contribution in [0.5, 0.6) is 0 Å². The maximum Gasteiger partial charge on any atom is 0.259 e. The van der Waals surface area contributed by atoms with Crippen molar-refractivity contribution in [3.8, 4) is 0 Å². The molecule has 2 amide bonds. The van der Waals surface area contributed by atoms with Gasteiger partial charge in [-0.25, -0.2) is 13.9 Å². The molecule has 0 saturated carbocycles. The van der Waals surface area contributed by atoms with Crippen molar-refractivity contribution in [1.29, 1.82) is 0 Å². The van der Waals surface area contributed by atoms with E-state index in [1.54, 1.807) is 0 Å². The second-order valence-corrected chi connectivity index (χ2v) is 6.64. The Bertz CT molecular complexity index is 614. The molecular weight excluding hydrogens is 284 g/mol. The van der Waals surface area contributed by atoms with E-state index < -0.39 is 32.9 Å². The van der Waals surface area contributed by atoms with Crippen molar-refractivity contribution >= 4 is 21.7 Å². The number of nitrogens with one attached hydrogen (secondary N) is 2. The number of benzene rings is 1. The van der Waals surface area contributed by atoms with Crippen molar-refractivity contribution in [2.24, 2.45) is 5.92 Å². The molecule has 0 aliphatic carbocycles. The van der Waals surface area contributed by atoms with Crippen molar-refractivity contribution in [3.63, 3.8) is 0 Å². The van der Waals surface area contributed by atoms with Crippen LogP contribution in [-0.4, -0.2) is 31.9 Å². The van der Waals surface area contributed by atoms with Gasteiger partial charge in [0.25, 0.3) is 5.91 Å². The summed E-state index contributed by atoms with van der Waals surface area (Å²) in [4.78, 5) is 28.0. The van der Waals surface area contributed by atoms with Crippen LogP contribution in [0.2, 0.25) is 0 Å². The van der Waals surface area contributed by atoms with Gasteiger partial charge in [-0.1, -0.05) is 30.3 Å². The van der Waals surface area contributed by atoms with Crippen molar-refractivity contribution < 1.29 is 22.8 Å². The number of hydrogen-bond acceptors (Lipinski definition) is 5. The minimum atomic E-state index is -3.52. The third-order valence-corrected chi connectivity index (χ3v) is 4.18. The van der Waals surface area contributed by atoms with Gasteiger partial charge in [0, 0.05) is 6.26 Å². The van der Waals surface area contributed by atoms with Gasteiger partial charge in [0.05, 0.1) is 6.61 Å². The smallest absolute Gasteiger partial charge is 0.259 e. The zero-order valence-corrected chi connectivity index (χ0v) is 11.5. The highest BCUT2D eigenvalue weighted by Crippen LogP contribution is 2.19. The number of carbonyl (C=O) groups is 2. The van der Waals surface area contributed by atoms with Gasteiger partial charge >= 0.3 is 0 Å². The summed E-state index contributed by atoms with van der Waals surface area (Å²) < 4.78 is 22.7. The topological polar surface area (TPSA) is 102 Å². The summed E-state index contributed by atoms with van der Waals surface area (Å²) in [5.41, 5.74) is 2.94. The lowest BCUT2D eigenvalue weighted by Gasteiger charge is -2.33. The first-order valence-corrected chi connectivity index (χ1v) is 7.80. The molecule has 1 aliphatic rings. The second kappa shape index (κ2) is 5.59. The van der Waals surface area contributed by atoms with E-state index in [0.29, 0.717) is 0 Å². The minimum Gasteiger partial charge on any atom is -0.338 e. The van der Waals surface area contributed by atoms with E-state index in [1.165, 1.54) is 0 Å². The largest absolute Gasteiger partial charge is 0.338 e. The molecule has 1 aromatic carbocycles. The molecular formula is C12H14N2O5S. The summed E-state index contributed by atoms with van der Waals surface area (Å²) in [6.45, 7) is 0.129. The number of rotatable bonds is 5. The zero-order chi connectivity index (χ0) is 14.8. The van der Waals surface area contributed by atoms with Crippen molar-refractivity contribution in [2.75, 3.05) is 6.26 Å². The fourth-order valence-electron chi connectivity index (χ4n) is 1.79. The Kier molecular flexibility index (Phi) is 4.05. The predicted molar refractivity (Wildman–Crippen MR) is 69.6 cm³/mol. The number of amides is 2. The number of β-lactam (4-membered cyclic amide) rings is 1. The molecule has 1 fully saturated rings. The highest BCUT2D eigenvalue weighted by molar-refractivity contribution is 7.91. The summed E-state index contributed by atoms with van der Waals surface area (Å²) in [5.74, 6) is -2.65. The van der Waals surface area contributed by atoms with E-state index in [2.05, 4.69) is 10.8 Å². The Morgan fingerprint density at radius 3 is 2.55 bits per heavy atom. The third kappa shape index (κ3) is 3.14. The lowest BCUT2D eigenvalue weighted by molar-refractivity contribution is -0.150. The van der Waals surface area contributed by atoms with E-state index in [4.69, 9.17) is 4.84 Å². The summed E-state index contributed by atoms with van der Waals surface area (Å²) in [6, 6.07) is 9.10. The quantitative estimate of drug-likeness (QED) is 0.427. The van der Waals surface area contributed by atoms with E-state index in [1.807, 2.05) is 30.3 Å². The SMILES string of the molecule is CS(=O)(=O)[C@H]1NC(=O)[C@@H]1C(=O)NOCc1ccccc1. The Morgan fingerprint density at radius 1 is 1.35 bits per heavy atom. The van der Waals surface area contributed by atoms with Gasteiger partial charge in [0.15, 0.2) is 21.1 Å². The van der Waals surface area contributed by atoms with Crippen LogP contribution < -0.4 is 10.8 Å². The molecule has 0 aromatic heterocycles.